The average Bonchev–Trinajstić information content (AvgIpc) is 3.14. The maximum atomic E-state index is 12.4. The van der Waals surface area contributed by atoms with Gasteiger partial charge in [0.05, 0.1) is 23.0 Å². The van der Waals surface area contributed by atoms with E-state index in [1.807, 2.05) is 6.92 Å². The second-order valence-electron chi connectivity index (χ2n) is 4.70. The highest BCUT2D eigenvalue weighted by atomic mass is 32.2. The molecule has 3 aromatic rings. The first kappa shape index (κ1) is 14.2. The summed E-state index contributed by atoms with van der Waals surface area (Å²) in [7, 11) is -3.76. The molecule has 0 aliphatic rings. The molecule has 0 bridgehead atoms. The number of fused-ring (bicyclic) bond motifs is 1. The molecular formula is C14H13N5O2S. The number of aromatic amines is 2. The predicted octanol–water partition coefficient (Wildman–Crippen LogP) is 2.13. The first-order valence-electron chi connectivity index (χ1n) is 6.62. The van der Waals surface area contributed by atoms with Crippen molar-refractivity contribution in [2.75, 3.05) is 4.72 Å². The molecule has 0 amide bonds. The molecule has 2 heterocycles. The van der Waals surface area contributed by atoms with Crippen molar-refractivity contribution in [3.05, 3.63) is 42.0 Å². The molecule has 3 rings (SSSR count). The van der Waals surface area contributed by atoms with E-state index in [0.717, 1.165) is 0 Å². The van der Waals surface area contributed by atoms with Gasteiger partial charge in [-0.05, 0) is 6.07 Å². The normalized spacial score (nSPS) is 11.5. The molecule has 8 heteroatoms. The summed E-state index contributed by atoms with van der Waals surface area (Å²) in [5, 5.41) is 9.71. The second-order valence-corrected chi connectivity index (χ2v) is 6.35. The van der Waals surface area contributed by atoms with Crippen LogP contribution >= 0.6 is 0 Å². The standard InChI is InChI=1S/C14H13N5O2S/c1-2-12-16-8-13(18-12)22(20,21)19-11-5-3-4-10-9(6-15)7-17-14(10)11/h3-5,7-8,17,19H,2H2,1H3,(H,16,18). The van der Waals surface area contributed by atoms with Gasteiger partial charge in [0.15, 0.2) is 5.03 Å². The molecule has 1 aromatic carbocycles. The molecular weight excluding hydrogens is 302 g/mol. The molecule has 0 aliphatic carbocycles. The maximum Gasteiger partial charge on any atom is 0.279 e. The van der Waals surface area contributed by atoms with Gasteiger partial charge in [0, 0.05) is 18.0 Å². The van der Waals surface area contributed by atoms with E-state index in [1.54, 1.807) is 24.4 Å². The van der Waals surface area contributed by atoms with Gasteiger partial charge in [0.2, 0.25) is 0 Å². The van der Waals surface area contributed by atoms with E-state index >= 15 is 0 Å². The number of nitriles is 1. The summed E-state index contributed by atoms with van der Waals surface area (Å²) in [4.78, 5) is 9.68. The Hall–Kier alpha value is -2.79. The topological polar surface area (TPSA) is 114 Å². The zero-order valence-electron chi connectivity index (χ0n) is 11.7. The number of hydrogen-bond donors (Lipinski definition) is 3. The van der Waals surface area contributed by atoms with Crippen LogP contribution in [0, 0.1) is 11.3 Å². The molecule has 0 unspecified atom stereocenters. The Labute approximate surface area is 127 Å². The van der Waals surface area contributed by atoms with Crippen LogP contribution in [0.15, 0.2) is 35.6 Å². The molecule has 112 valence electrons. The van der Waals surface area contributed by atoms with Crippen LogP contribution in [0.4, 0.5) is 5.69 Å². The monoisotopic (exact) mass is 315 g/mol. The zero-order valence-corrected chi connectivity index (χ0v) is 12.5. The van der Waals surface area contributed by atoms with Gasteiger partial charge in [-0.25, -0.2) is 4.98 Å². The SMILES string of the molecule is CCc1ncc(S(=O)(=O)Nc2cccc3c(C#N)c[nH]c23)[nH]1. The fourth-order valence-corrected chi connectivity index (χ4v) is 3.20. The lowest BCUT2D eigenvalue weighted by atomic mass is 10.2. The highest BCUT2D eigenvalue weighted by Crippen LogP contribution is 2.26. The minimum atomic E-state index is -3.76. The molecule has 0 radical (unpaired) electrons. The lowest BCUT2D eigenvalue weighted by Gasteiger charge is -2.07. The summed E-state index contributed by atoms with van der Waals surface area (Å²) in [6, 6.07) is 7.14. The van der Waals surface area contributed by atoms with Gasteiger partial charge in [-0.3, -0.25) is 4.72 Å². The number of nitrogens with zero attached hydrogens (tertiary/aromatic N) is 2. The Bertz CT molecular complexity index is 978. The van der Waals surface area contributed by atoms with Gasteiger partial charge >= 0.3 is 0 Å². The number of imidazole rings is 1. The van der Waals surface area contributed by atoms with Gasteiger partial charge in [-0.1, -0.05) is 19.1 Å². The fraction of sp³-hybridized carbons (Fsp3) is 0.143. The Morgan fingerprint density at radius 2 is 2.23 bits per heavy atom. The summed E-state index contributed by atoms with van der Waals surface area (Å²) in [5.41, 5.74) is 1.41. The highest BCUT2D eigenvalue weighted by Gasteiger charge is 2.19. The van der Waals surface area contributed by atoms with Crippen molar-refractivity contribution in [2.24, 2.45) is 0 Å². The first-order chi connectivity index (χ1) is 10.5. The number of anilines is 1. The number of H-pyrrole nitrogens is 2. The molecule has 0 atom stereocenters. The van der Waals surface area contributed by atoms with Gasteiger partial charge in [-0.2, -0.15) is 13.7 Å². The van der Waals surface area contributed by atoms with E-state index in [1.165, 1.54) is 6.20 Å². The van der Waals surface area contributed by atoms with E-state index in [4.69, 9.17) is 5.26 Å². The van der Waals surface area contributed by atoms with Crippen LogP contribution < -0.4 is 4.72 Å². The van der Waals surface area contributed by atoms with E-state index < -0.39 is 10.0 Å². The summed E-state index contributed by atoms with van der Waals surface area (Å²) in [6.45, 7) is 1.88. The van der Waals surface area contributed by atoms with Crippen molar-refractivity contribution in [3.63, 3.8) is 0 Å². The smallest absolute Gasteiger partial charge is 0.279 e. The third-order valence-electron chi connectivity index (χ3n) is 3.31. The number of benzene rings is 1. The Balaban J connectivity index is 2.02. The van der Waals surface area contributed by atoms with Crippen molar-refractivity contribution in [1.29, 1.82) is 5.26 Å². The van der Waals surface area contributed by atoms with Crippen molar-refractivity contribution >= 4 is 26.6 Å². The molecule has 0 saturated heterocycles. The number of nitrogens with one attached hydrogen (secondary N) is 3. The molecule has 0 saturated carbocycles. The number of aryl methyl sites for hydroxylation is 1. The van der Waals surface area contributed by atoms with Crippen LogP contribution in [0.5, 0.6) is 0 Å². The van der Waals surface area contributed by atoms with Crippen LogP contribution in [0.3, 0.4) is 0 Å². The van der Waals surface area contributed by atoms with E-state index in [9.17, 15) is 8.42 Å². The third-order valence-corrected chi connectivity index (χ3v) is 4.58. The summed E-state index contributed by atoms with van der Waals surface area (Å²) in [5.74, 6) is 0.602. The Morgan fingerprint density at radius 1 is 1.41 bits per heavy atom. The molecule has 7 nitrogen and oxygen atoms in total. The quantitative estimate of drug-likeness (QED) is 0.684. The van der Waals surface area contributed by atoms with Crippen LogP contribution in [-0.2, 0) is 16.4 Å². The zero-order chi connectivity index (χ0) is 15.7. The molecule has 3 N–H and O–H groups in total. The van der Waals surface area contributed by atoms with Gasteiger partial charge < -0.3 is 9.97 Å². The van der Waals surface area contributed by atoms with Crippen molar-refractivity contribution in [2.45, 2.75) is 18.4 Å². The summed E-state index contributed by atoms with van der Waals surface area (Å²) < 4.78 is 27.3. The minimum Gasteiger partial charge on any atom is -0.358 e. The van der Waals surface area contributed by atoms with E-state index in [2.05, 4.69) is 25.7 Å². The van der Waals surface area contributed by atoms with Gasteiger partial charge in [0.25, 0.3) is 10.0 Å². The van der Waals surface area contributed by atoms with Crippen LogP contribution in [0.1, 0.15) is 18.3 Å². The third kappa shape index (κ3) is 2.31. The summed E-state index contributed by atoms with van der Waals surface area (Å²) >= 11 is 0. The lowest BCUT2D eigenvalue weighted by Crippen LogP contribution is -2.13. The largest absolute Gasteiger partial charge is 0.358 e. The average molecular weight is 315 g/mol. The van der Waals surface area contributed by atoms with Crippen LogP contribution in [-0.4, -0.2) is 23.4 Å². The molecule has 22 heavy (non-hydrogen) atoms. The van der Waals surface area contributed by atoms with Gasteiger partial charge in [-0.15, -0.1) is 0 Å². The van der Waals surface area contributed by atoms with Crippen molar-refractivity contribution < 1.29 is 8.42 Å². The van der Waals surface area contributed by atoms with Crippen LogP contribution in [0.25, 0.3) is 10.9 Å². The van der Waals surface area contributed by atoms with Crippen molar-refractivity contribution in [1.82, 2.24) is 15.0 Å². The summed E-state index contributed by atoms with van der Waals surface area (Å²) in [6.07, 6.45) is 3.46. The predicted molar refractivity (Wildman–Crippen MR) is 81.8 cm³/mol. The number of para-hydroxylation sites is 1. The lowest BCUT2D eigenvalue weighted by molar-refractivity contribution is 0.598. The number of aromatic nitrogens is 3. The molecule has 0 aliphatic heterocycles. The number of sulfonamides is 1. The molecule has 2 aromatic heterocycles. The fourth-order valence-electron chi connectivity index (χ4n) is 2.19. The van der Waals surface area contributed by atoms with Crippen LogP contribution in [0.2, 0.25) is 0 Å². The number of rotatable bonds is 4. The Kier molecular flexibility index (Phi) is 3.35. The minimum absolute atomic E-state index is 0.00779. The highest BCUT2D eigenvalue weighted by molar-refractivity contribution is 7.92. The number of hydrogen-bond acceptors (Lipinski definition) is 4. The Morgan fingerprint density at radius 3 is 2.91 bits per heavy atom. The second kappa shape index (κ2) is 5.20. The van der Waals surface area contributed by atoms with Crippen molar-refractivity contribution in [3.8, 4) is 6.07 Å². The maximum absolute atomic E-state index is 12.4. The van der Waals surface area contributed by atoms with Gasteiger partial charge in [0.1, 0.15) is 11.9 Å². The van der Waals surface area contributed by atoms with E-state index in [0.29, 0.717) is 34.4 Å². The first-order valence-corrected chi connectivity index (χ1v) is 8.10. The van der Waals surface area contributed by atoms with E-state index in [-0.39, 0.29) is 5.03 Å². The molecule has 0 fully saturated rings. The molecule has 0 spiro atoms.